The van der Waals surface area contributed by atoms with Gasteiger partial charge in [-0.3, -0.25) is 4.79 Å². The number of sulfone groups is 2. The Morgan fingerprint density at radius 2 is 1.66 bits per heavy atom. The summed E-state index contributed by atoms with van der Waals surface area (Å²) in [6.07, 6.45) is 3.51. The van der Waals surface area contributed by atoms with Gasteiger partial charge in [0.2, 0.25) is 19.7 Å². The van der Waals surface area contributed by atoms with Gasteiger partial charge >= 0.3 is 5.03 Å². The quantitative estimate of drug-likeness (QED) is 0.509. The maximum atomic E-state index is 12.8. The summed E-state index contributed by atoms with van der Waals surface area (Å²) in [5, 5.41) is 0.595. The standard InChI is InChI=1S/C18H21N2O7S2/c21-13-27-12-14-6-8-16(9-7-14)28(23,24)17-10-11-18(20(22)19-17)29(25,26)15-4-2-1-3-5-15/h6-11,13,15H,1-5,12H2,(H,19,22)/q+1. The predicted octanol–water partition coefficient (Wildman–Crippen LogP) is 1.54. The van der Waals surface area contributed by atoms with Crippen molar-refractivity contribution in [3.05, 3.63) is 46.9 Å². The first kappa shape index (κ1) is 21.2. The van der Waals surface area contributed by atoms with Crippen molar-refractivity contribution in [3.63, 3.8) is 0 Å². The number of H-pyrrole nitrogens is 1. The molecule has 0 saturated heterocycles. The van der Waals surface area contributed by atoms with Crippen molar-refractivity contribution in [1.29, 1.82) is 0 Å². The Morgan fingerprint density at radius 1 is 1.00 bits per heavy atom. The number of benzene rings is 1. The second kappa shape index (κ2) is 8.46. The first-order chi connectivity index (χ1) is 13.8. The van der Waals surface area contributed by atoms with E-state index < -0.39 is 35.0 Å². The van der Waals surface area contributed by atoms with Crippen molar-refractivity contribution in [3.8, 4) is 0 Å². The number of hydrogen-bond acceptors (Lipinski definition) is 7. The molecule has 11 heteroatoms. The maximum Gasteiger partial charge on any atom is 0.382 e. The lowest BCUT2D eigenvalue weighted by atomic mass is 10.0. The zero-order valence-electron chi connectivity index (χ0n) is 15.5. The van der Waals surface area contributed by atoms with Crippen LogP contribution in [0.2, 0.25) is 0 Å². The van der Waals surface area contributed by atoms with Crippen molar-refractivity contribution in [1.82, 2.24) is 5.10 Å². The molecule has 0 unspecified atom stereocenters. The van der Waals surface area contributed by atoms with E-state index in [2.05, 4.69) is 9.84 Å². The lowest BCUT2D eigenvalue weighted by Gasteiger charge is -2.18. The number of carbonyl (C=O) groups is 1. The fraction of sp³-hybridized carbons (Fsp3) is 0.389. The largest absolute Gasteiger partial charge is 0.463 e. The van der Waals surface area contributed by atoms with Crippen LogP contribution < -0.4 is 4.54 Å². The minimum Gasteiger partial charge on any atom is -0.463 e. The van der Waals surface area contributed by atoms with E-state index in [4.69, 9.17) is 0 Å². The Balaban J connectivity index is 1.90. The van der Waals surface area contributed by atoms with Crippen molar-refractivity contribution >= 4 is 26.1 Å². The molecular formula is C18H21N2O7S2+. The number of hydrogen-bond donors (Lipinski definition) is 1. The molecule has 0 aliphatic heterocycles. The van der Waals surface area contributed by atoms with Gasteiger partial charge in [-0.2, -0.15) is 0 Å². The molecule has 0 radical (unpaired) electrons. The molecule has 1 aromatic heterocycles. The zero-order chi connectivity index (χ0) is 21.1. The number of rotatable bonds is 7. The summed E-state index contributed by atoms with van der Waals surface area (Å²) < 4.78 is 55.6. The SMILES string of the molecule is O=COCc1ccc(S(=O)(=O)c2ccc(S(=O)(=O)C3CCCCC3)[n+](=O)[nH]2)cc1. The van der Waals surface area contributed by atoms with Gasteiger partial charge in [-0.05, 0) is 36.6 Å². The van der Waals surface area contributed by atoms with E-state index in [1.165, 1.54) is 24.3 Å². The molecule has 1 heterocycles. The van der Waals surface area contributed by atoms with Crippen molar-refractivity contribution in [2.24, 2.45) is 0 Å². The summed E-state index contributed by atoms with van der Waals surface area (Å²) in [6, 6.07) is 7.70. The number of carbonyl (C=O) groups excluding carboxylic acids is 1. The third-order valence-corrected chi connectivity index (χ3v) is 8.85. The molecule has 0 spiro atoms. The highest BCUT2D eigenvalue weighted by molar-refractivity contribution is 7.92. The average Bonchev–Trinajstić information content (AvgIpc) is 2.73. The van der Waals surface area contributed by atoms with Gasteiger partial charge in [0.1, 0.15) is 6.61 Å². The molecule has 1 aliphatic rings. The van der Waals surface area contributed by atoms with E-state index >= 15 is 0 Å². The highest BCUT2D eigenvalue weighted by atomic mass is 32.2. The fourth-order valence-corrected chi connectivity index (χ4v) is 6.36. The molecule has 2 aromatic rings. The zero-order valence-corrected chi connectivity index (χ0v) is 17.1. The third kappa shape index (κ3) is 4.40. The normalized spacial score (nSPS) is 15.7. The number of aromatic amines is 1. The monoisotopic (exact) mass is 441 g/mol. The minimum absolute atomic E-state index is 0.00309. The Morgan fingerprint density at radius 3 is 2.24 bits per heavy atom. The van der Waals surface area contributed by atoms with E-state index in [9.17, 15) is 26.5 Å². The van der Waals surface area contributed by atoms with Gasteiger partial charge in [-0.1, -0.05) is 31.4 Å². The van der Waals surface area contributed by atoms with E-state index in [0.29, 0.717) is 18.4 Å². The van der Waals surface area contributed by atoms with Crippen LogP contribution in [0.1, 0.15) is 37.7 Å². The Hall–Kier alpha value is -2.53. The van der Waals surface area contributed by atoms with Gasteiger partial charge < -0.3 is 4.74 Å². The summed E-state index contributed by atoms with van der Waals surface area (Å²) in [5.41, 5.74) is 0.591. The summed E-state index contributed by atoms with van der Waals surface area (Å²) in [6.45, 7) is 0.291. The number of nitrogens with zero attached hydrogens (tertiary/aromatic N) is 1. The smallest absolute Gasteiger partial charge is 0.382 e. The van der Waals surface area contributed by atoms with Crippen LogP contribution >= 0.6 is 0 Å². The summed E-state index contributed by atoms with van der Waals surface area (Å²) in [4.78, 5) is 22.5. The highest BCUT2D eigenvalue weighted by Crippen LogP contribution is 2.27. The summed E-state index contributed by atoms with van der Waals surface area (Å²) in [7, 11) is -7.92. The maximum absolute atomic E-state index is 12.8. The highest BCUT2D eigenvalue weighted by Gasteiger charge is 2.37. The molecule has 0 amide bonds. The van der Waals surface area contributed by atoms with Gasteiger partial charge in [0, 0.05) is 6.07 Å². The second-order valence-electron chi connectivity index (χ2n) is 6.80. The van der Waals surface area contributed by atoms with Gasteiger partial charge in [0.25, 0.3) is 6.47 Å². The Labute approximate surface area is 168 Å². The number of nitrogens with one attached hydrogen (secondary N) is 1. The van der Waals surface area contributed by atoms with E-state index in [-0.39, 0.29) is 22.5 Å². The van der Waals surface area contributed by atoms with Crippen LogP contribution in [0, 0.1) is 4.91 Å². The second-order valence-corrected chi connectivity index (χ2v) is 10.9. The average molecular weight is 442 g/mol. The molecule has 1 aliphatic carbocycles. The van der Waals surface area contributed by atoms with Crippen LogP contribution in [-0.4, -0.2) is 33.7 Å². The van der Waals surface area contributed by atoms with Gasteiger partial charge in [-0.25, -0.2) is 16.8 Å². The number of aromatic nitrogens is 2. The first-order valence-corrected chi connectivity index (χ1v) is 12.1. The minimum atomic E-state index is -4.07. The topological polar surface area (TPSA) is 133 Å². The van der Waals surface area contributed by atoms with E-state index in [1.54, 1.807) is 0 Å². The van der Waals surface area contributed by atoms with Gasteiger partial charge in [0.15, 0.2) is 9.57 Å². The molecule has 9 nitrogen and oxygen atoms in total. The molecule has 3 rings (SSSR count). The third-order valence-electron chi connectivity index (χ3n) is 4.91. The van der Waals surface area contributed by atoms with Crippen LogP contribution in [0.5, 0.6) is 0 Å². The van der Waals surface area contributed by atoms with Crippen molar-refractivity contribution < 1.29 is 30.9 Å². The lowest BCUT2D eigenvalue weighted by Crippen LogP contribution is -2.35. The van der Waals surface area contributed by atoms with Crippen molar-refractivity contribution in [2.45, 2.75) is 58.9 Å². The summed E-state index contributed by atoms with van der Waals surface area (Å²) >= 11 is 0. The Bertz CT molecular complexity index is 1150. The molecule has 1 saturated carbocycles. The van der Waals surface area contributed by atoms with Gasteiger partial charge in [0.05, 0.1) is 15.1 Å². The molecule has 1 fully saturated rings. The fourth-order valence-electron chi connectivity index (χ4n) is 3.34. The molecular weight excluding hydrogens is 420 g/mol. The van der Waals surface area contributed by atoms with Crippen LogP contribution in [0.3, 0.4) is 0 Å². The number of ether oxygens (including phenoxy) is 1. The predicted molar refractivity (Wildman–Crippen MR) is 101 cm³/mol. The van der Waals surface area contributed by atoms with E-state index in [1.807, 2.05) is 0 Å². The Kier molecular flexibility index (Phi) is 6.18. The lowest BCUT2D eigenvalue weighted by molar-refractivity contribution is -0.610. The molecule has 0 atom stereocenters. The van der Waals surface area contributed by atoms with E-state index in [0.717, 1.165) is 31.4 Å². The molecule has 1 aromatic carbocycles. The van der Waals surface area contributed by atoms with Crippen LogP contribution in [0.15, 0.2) is 51.3 Å². The van der Waals surface area contributed by atoms with Gasteiger partial charge in [-0.15, -0.1) is 5.10 Å². The van der Waals surface area contributed by atoms with Crippen LogP contribution in [0.4, 0.5) is 0 Å². The molecule has 29 heavy (non-hydrogen) atoms. The van der Waals surface area contributed by atoms with Crippen LogP contribution in [-0.2, 0) is 35.8 Å². The summed E-state index contributed by atoms with van der Waals surface area (Å²) in [5.74, 6) is 0. The molecule has 1 N–H and O–H groups in total. The first-order valence-electron chi connectivity index (χ1n) is 9.06. The molecule has 0 bridgehead atoms. The van der Waals surface area contributed by atoms with Crippen LogP contribution in [0.25, 0.3) is 0 Å². The van der Waals surface area contributed by atoms with Crippen molar-refractivity contribution in [2.75, 3.05) is 0 Å². The molecule has 156 valence electrons.